The number of phenols is 1. The van der Waals surface area contributed by atoms with Gasteiger partial charge < -0.3 is 5.11 Å². The minimum absolute atomic E-state index is 0.319. The van der Waals surface area contributed by atoms with Crippen LogP contribution in [-0.2, 0) is 6.54 Å². The molecule has 1 aromatic rings. The molecule has 1 fully saturated rings. The van der Waals surface area contributed by atoms with E-state index in [-0.39, 0.29) is 0 Å². The summed E-state index contributed by atoms with van der Waals surface area (Å²) in [7, 11) is 0. The summed E-state index contributed by atoms with van der Waals surface area (Å²) in [5.74, 6) is 0.319. The van der Waals surface area contributed by atoms with Crippen LogP contribution in [0.2, 0.25) is 5.02 Å². The number of halogens is 1. The predicted molar refractivity (Wildman–Crippen MR) is 71.5 cm³/mol. The van der Waals surface area contributed by atoms with Gasteiger partial charge in [-0.15, -0.1) is 0 Å². The van der Waals surface area contributed by atoms with Gasteiger partial charge in [-0.3, -0.25) is 4.90 Å². The molecule has 0 bridgehead atoms. The van der Waals surface area contributed by atoms with Gasteiger partial charge >= 0.3 is 0 Å². The number of rotatable bonds is 2. The summed E-state index contributed by atoms with van der Waals surface area (Å²) >= 11 is 6.14. The fourth-order valence-electron chi connectivity index (χ4n) is 2.40. The van der Waals surface area contributed by atoms with Crippen LogP contribution in [0.25, 0.3) is 0 Å². The molecule has 1 heterocycles. The molecule has 2 nitrogen and oxygen atoms in total. The maximum atomic E-state index is 9.84. The Balaban J connectivity index is 2.03. The quantitative estimate of drug-likeness (QED) is 0.866. The first-order valence-electron chi connectivity index (χ1n) is 6.46. The number of hydrogen-bond donors (Lipinski definition) is 1. The van der Waals surface area contributed by atoms with Gasteiger partial charge in [0, 0.05) is 17.1 Å². The molecule has 1 saturated heterocycles. The van der Waals surface area contributed by atoms with E-state index < -0.39 is 0 Å². The molecule has 0 aromatic heterocycles. The smallest absolute Gasteiger partial charge is 0.121 e. The summed E-state index contributed by atoms with van der Waals surface area (Å²) < 4.78 is 0. The van der Waals surface area contributed by atoms with E-state index in [9.17, 15) is 5.11 Å². The molecule has 3 heteroatoms. The molecular formula is C14H20ClNO. The van der Waals surface area contributed by atoms with Crippen LogP contribution in [0.15, 0.2) is 18.2 Å². The maximum Gasteiger partial charge on any atom is 0.121 e. The first kappa shape index (κ1) is 12.7. The van der Waals surface area contributed by atoms with Crippen molar-refractivity contribution in [1.29, 1.82) is 0 Å². The second-order valence-corrected chi connectivity index (χ2v) is 5.19. The molecule has 0 amide bonds. The van der Waals surface area contributed by atoms with E-state index in [0.717, 1.165) is 25.2 Å². The van der Waals surface area contributed by atoms with E-state index in [0.29, 0.717) is 10.8 Å². The van der Waals surface area contributed by atoms with E-state index in [1.54, 1.807) is 12.1 Å². The third-order valence-corrected chi connectivity index (χ3v) is 3.78. The highest BCUT2D eigenvalue weighted by atomic mass is 35.5. The number of hydrogen-bond acceptors (Lipinski definition) is 2. The molecule has 1 aliphatic rings. The first-order chi connectivity index (χ1) is 8.27. The van der Waals surface area contributed by atoms with Gasteiger partial charge in [-0.25, -0.2) is 0 Å². The fourth-order valence-corrected chi connectivity index (χ4v) is 2.63. The molecule has 17 heavy (non-hydrogen) atoms. The van der Waals surface area contributed by atoms with Crippen molar-refractivity contribution in [2.45, 2.75) is 38.6 Å². The minimum atomic E-state index is 0.319. The third kappa shape index (κ3) is 3.62. The Bertz CT molecular complexity index is 339. The van der Waals surface area contributed by atoms with Crippen LogP contribution < -0.4 is 0 Å². The number of phenolic OH excluding ortho intramolecular Hbond substituents is 1. The Morgan fingerprint density at radius 2 is 1.71 bits per heavy atom. The topological polar surface area (TPSA) is 23.5 Å². The van der Waals surface area contributed by atoms with Crippen molar-refractivity contribution in [3.8, 4) is 5.75 Å². The fraction of sp³-hybridized carbons (Fsp3) is 0.571. The number of likely N-dealkylation sites (tertiary alicyclic amines) is 1. The van der Waals surface area contributed by atoms with Crippen LogP contribution in [0.5, 0.6) is 5.75 Å². The number of aromatic hydroxyl groups is 1. The Morgan fingerprint density at radius 1 is 1.06 bits per heavy atom. The third-order valence-electron chi connectivity index (χ3n) is 3.42. The Labute approximate surface area is 108 Å². The standard InChI is InChI=1S/C14H20ClNO/c15-13-7-6-8-14(17)12(13)11-16-9-4-2-1-3-5-10-16/h6-8,17H,1-5,9-11H2. The van der Waals surface area contributed by atoms with Crippen LogP contribution in [0.4, 0.5) is 0 Å². The monoisotopic (exact) mass is 253 g/mol. The molecule has 0 aliphatic carbocycles. The summed E-state index contributed by atoms with van der Waals surface area (Å²) in [5, 5.41) is 10.5. The van der Waals surface area contributed by atoms with Crippen LogP contribution >= 0.6 is 11.6 Å². The van der Waals surface area contributed by atoms with Crippen LogP contribution in [0.3, 0.4) is 0 Å². The van der Waals surface area contributed by atoms with Gasteiger partial charge in [-0.05, 0) is 38.1 Å². The summed E-state index contributed by atoms with van der Waals surface area (Å²) in [5.41, 5.74) is 0.870. The lowest BCUT2D eigenvalue weighted by Crippen LogP contribution is -2.27. The Morgan fingerprint density at radius 3 is 2.35 bits per heavy atom. The van der Waals surface area contributed by atoms with Crippen LogP contribution in [-0.4, -0.2) is 23.1 Å². The van der Waals surface area contributed by atoms with Gasteiger partial charge in [0.15, 0.2) is 0 Å². The van der Waals surface area contributed by atoms with Gasteiger partial charge in [0.25, 0.3) is 0 Å². The molecule has 0 unspecified atom stereocenters. The lowest BCUT2D eigenvalue weighted by Gasteiger charge is -2.25. The maximum absolute atomic E-state index is 9.84. The normalized spacial score (nSPS) is 18.6. The molecule has 0 saturated carbocycles. The molecule has 1 aromatic carbocycles. The summed E-state index contributed by atoms with van der Waals surface area (Å²) in [6.07, 6.45) is 6.53. The van der Waals surface area contributed by atoms with Gasteiger partial charge in [0.1, 0.15) is 5.75 Å². The van der Waals surface area contributed by atoms with Crippen molar-refractivity contribution in [1.82, 2.24) is 4.90 Å². The second kappa shape index (κ2) is 6.27. The minimum Gasteiger partial charge on any atom is -0.508 e. The van der Waals surface area contributed by atoms with Crippen molar-refractivity contribution in [3.05, 3.63) is 28.8 Å². The van der Waals surface area contributed by atoms with E-state index in [1.807, 2.05) is 6.07 Å². The highest BCUT2D eigenvalue weighted by molar-refractivity contribution is 6.31. The highest BCUT2D eigenvalue weighted by Gasteiger charge is 2.13. The van der Waals surface area contributed by atoms with Crippen molar-refractivity contribution in [2.24, 2.45) is 0 Å². The van der Waals surface area contributed by atoms with E-state index >= 15 is 0 Å². The van der Waals surface area contributed by atoms with Crippen LogP contribution in [0, 0.1) is 0 Å². The van der Waals surface area contributed by atoms with E-state index in [1.165, 1.54) is 32.1 Å². The Hall–Kier alpha value is -0.730. The molecular weight excluding hydrogens is 234 g/mol. The first-order valence-corrected chi connectivity index (χ1v) is 6.84. The molecule has 2 rings (SSSR count). The zero-order valence-corrected chi connectivity index (χ0v) is 10.9. The number of nitrogens with zero attached hydrogens (tertiary/aromatic N) is 1. The second-order valence-electron chi connectivity index (χ2n) is 4.78. The lowest BCUT2D eigenvalue weighted by atomic mass is 10.1. The molecule has 0 atom stereocenters. The number of benzene rings is 1. The van der Waals surface area contributed by atoms with Crippen molar-refractivity contribution < 1.29 is 5.11 Å². The average molecular weight is 254 g/mol. The van der Waals surface area contributed by atoms with E-state index in [4.69, 9.17) is 11.6 Å². The molecule has 94 valence electrons. The summed E-state index contributed by atoms with van der Waals surface area (Å²) in [4.78, 5) is 2.40. The lowest BCUT2D eigenvalue weighted by molar-refractivity contribution is 0.237. The molecule has 0 spiro atoms. The highest BCUT2D eigenvalue weighted by Crippen LogP contribution is 2.27. The van der Waals surface area contributed by atoms with E-state index in [2.05, 4.69) is 4.90 Å². The molecule has 0 radical (unpaired) electrons. The summed E-state index contributed by atoms with van der Waals surface area (Å²) in [6.45, 7) is 3.00. The van der Waals surface area contributed by atoms with Gasteiger partial charge in [-0.2, -0.15) is 0 Å². The van der Waals surface area contributed by atoms with Crippen molar-refractivity contribution in [3.63, 3.8) is 0 Å². The predicted octanol–water partition coefficient (Wildman–Crippen LogP) is 3.81. The average Bonchev–Trinajstić information content (AvgIpc) is 2.26. The molecule has 1 N–H and O–H groups in total. The molecule has 1 aliphatic heterocycles. The zero-order chi connectivity index (χ0) is 12.1. The van der Waals surface area contributed by atoms with Crippen molar-refractivity contribution >= 4 is 11.6 Å². The van der Waals surface area contributed by atoms with Gasteiger partial charge in [-0.1, -0.05) is 36.9 Å². The summed E-state index contributed by atoms with van der Waals surface area (Å²) in [6, 6.07) is 5.35. The van der Waals surface area contributed by atoms with Gasteiger partial charge in [0.05, 0.1) is 0 Å². The largest absolute Gasteiger partial charge is 0.508 e. The van der Waals surface area contributed by atoms with Gasteiger partial charge in [0.2, 0.25) is 0 Å². The van der Waals surface area contributed by atoms with Crippen LogP contribution in [0.1, 0.15) is 37.7 Å². The van der Waals surface area contributed by atoms with Crippen molar-refractivity contribution in [2.75, 3.05) is 13.1 Å². The SMILES string of the molecule is Oc1cccc(Cl)c1CN1CCCCCCC1. The zero-order valence-electron chi connectivity index (χ0n) is 10.2. The Kier molecular flexibility index (Phi) is 4.69.